The zero-order chi connectivity index (χ0) is 10.4. The van der Waals surface area contributed by atoms with Crippen molar-refractivity contribution in [3.8, 4) is 0 Å². The topological polar surface area (TPSA) is 38.3 Å². The summed E-state index contributed by atoms with van der Waals surface area (Å²) >= 11 is 0. The minimum Gasteiger partial charge on any atom is -0.468 e. The van der Waals surface area contributed by atoms with Crippen LogP contribution in [0.5, 0.6) is 0 Å². The van der Waals surface area contributed by atoms with Crippen molar-refractivity contribution in [2.24, 2.45) is 5.92 Å². The van der Waals surface area contributed by atoms with E-state index in [1.807, 2.05) is 13.8 Å². The Bertz CT molecular complexity index is 145. The highest BCUT2D eigenvalue weighted by Crippen LogP contribution is 2.06. The van der Waals surface area contributed by atoms with Crippen LogP contribution in [-0.4, -0.2) is 25.2 Å². The van der Waals surface area contributed by atoms with E-state index in [1.165, 1.54) is 7.11 Å². The smallest absolute Gasteiger partial charge is 0.322 e. The van der Waals surface area contributed by atoms with Gasteiger partial charge in [0.2, 0.25) is 0 Å². The molecule has 0 bridgehead atoms. The third-order valence-electron chi connectivity index (χ3n) is 1.73. The molecule has 0 radical (unpaired) electrons. The molecule has 0 aromatic rings. The van der Waals surface area contributed by atoms with Crippen molar-refractivity contribution in [1.82, 2.24) is 5.32 Å². The summed E-state index contributed by atoms with van der Waals surface area (Å²) in [6.45, 7) is 8.24. The minimum atomic E-state index is -0.164. The minimum absolute atomic E-state index is 0.162. The standard InChI is InChI=1S/C10H21NO2/c1-7(2)6-9(10(12)13-5)11-8(3)4/h7-9,11H,6H2,1-5H3/t9-/m1/s1. The number of ether oxygens (including phenoxy) is 1. The summed E-state index contributed by atoms with van der Waals surface area (Å²) in [5, 5.41) is 3.19. The van der Waals surface area contributed by atoms with Crippen LogP contribution < -0.4 is 5.32 Å². The number of methoxy groups -OCH3 is 1. The molecule has 1 atom stereocenters. The van der Waals surface area contributed by atoms with Crippen LogP contribution in [0.1, 0.15) is 34.1 Å². The Labute approximate surface area is 80.8 Å². The molecule has 0 saturated carbocycles. The van der Waals surface area contributed by atoms with E-state index in [-0.39, 0.29) is 12.0 Å². The molecule has 0 rings (SSSR count). The number of hydrogen-bond donors (Lipinski definition) is 1. The molecule has 3 nitrogen and oxygen atoms in total. The molecule has 0 amide bonds. The molecule has 13 heavy (non-hydrogen) atoms. The summed E-state index contributed by atoms with van der Waals surface area (Å²) in [5.74, 6) is 0.331. The second kappa shape index (κ2) is 5.97. The molecule has 0 saturated heterocycles. The maximum absolute atomic E-state index is 11.3. The fraction of sp³-hybridized carbons (Fsp3) is 0.900. The molecule has 0 heterocycles. The Kier molecular flexibility index (Phi) is 5.71. The maximum atomic E-state index is 11.3. The SMILES string of the molecule is COC(=O)[C@@H](CC(C)C)NC(C)C. The molecule has 0 aliphatic rings. The molecule has 78 valence electrons. The molecular formula is C10H21NO2. The predicted molar refractivity (Wildman–Crippen MR) is 53.5 cm³/mol. The fourth-order valence-electron chi connectivity index (χ4n) is 1.25. The van der Waals surface area contributed by atoms with Gasteiger partial charge in [-0.05, 0) is 12.3 Å². The van der Waals surface area contributed by atoms with Crippen LogP contribution in [0, 0.1) is 5.92 Å². The molecule has 0 aromatic heterocycles. The summed E-state index contributed by atoms with van der Waals surface area (Å²) in [6, 6.07) is 0.146. The molecule has 1 N–H and O–H groups in total. The quantitative estimate of drug-likeness (QED) is 0.664. The largest absolute Gasteiger partial charge is 0.468 e. The van der Waals surface area contributed by atoms with E-state index in [0.717, 1.165) is 6.42 Å². The van der Waals surface area contributed by atoms with Gasteiger partial charge in [-0.25, -0.2) is 0 Å². The van der Waals surface area contributed by atoms with Crippen molar-refractivity contribution in [2.75, 3.05) is 7.11 Å². The van der Waals surface area contributed by atoms with Gasteiger partial charge in [-0.2, -0.15) is 0 Å². The van der Waals surface area contributed by atoms with Crippen LogP contribution in [0.2, 0.25) is 0 Å². The average Bonchev–Trinajstić information content (AvgIpc) is 2.00. The third-order valence-corrected chi connectivity index (χ3v) is 1.73. The number of rotatable bonds is 5. The Morgan fingerprint density at radius 3 is 2.15 bits per heavy atom. The number of esters is 1. The van der Waals surface area contributed by atoms with Crippen LogP contribution >= 0.6 is 0 Å². The highest BCUT2D eigenvalue weighted by atomic mass is 16.5. The summed E-state index contributed by atoms with van der Waals surface area (Å²) in [7, 11) is 1.43. The highest BCUT2D eigenvalue weighted by molar-refractivity contribution is 5.75. The summed E-state index contributed by atoms with van der Waals surface area (Å²) in [5.41, 5.74) is 0. The molecule has 0 aromatic carbocycles. The summed E-state index contributed by atoms with van der Waals surface area (Å²) in [6.07, 6.45) is 0.824. The number of hydrogen-bond acceptors (Lipinski definition) is 3. The molecule has 0 aliphatic heterocycles. The average molecular weight is 187 g/mol. The lowest BCUT2D eigenvalue weighted by molar-refractivity contribution is -0.143. The van der Waals surface area contributed by atoms with E-state index >= 15 is 0 Å². The lowest BCUT2D eigenvalue weighted by Crippen LogP contribution is -2.42. The Morgan fingerprint density at radius 2 is 1.85 bits per heavy atom. The van der Waals surface area contributed by atoms with Crippen molar-refractivity contribution in [3.63, 3.8) is 0 Å². The molecule has 0 unspecified atom stereocenters. The van der Waals surface area contributed by atoms with Crippen molar-refractivity contribution in [3.05, 3.63) is 0 Å². The lowest BCUT2D eigenvalue weighted by atomic mass is 10.0. The van der Waals surface area contributed by atoms with Gasteiger partial charge in [0.25, 0.3) is 0 Å². The van der Waals surface area contributed by atoms with Gasteiger partial charge in [-0.15, -0.1) is 0 Å². The second-order valence-corrected chi connectivity index (χ2v) is 4.03. The highest BCUT2D eigenvalue weighted by Gasteiger charge is 2.20. The van der Waals surface area contributed by atoms with Gasteiger partial charge in [0.15, 0.2) is 0 Å². The van der Waals surface area contributed by atoms with Crippen molar-refractivity contribution >= 4 is 5.97 Å². The lowest BCUT2D eigenvalue weighted by Gasteiger charge is -2.20. The predicted octanol–water partition coefficient (Wildman–Crippen LogP) is 1.57. The van der Waals surface area contributed by atoms with Crippen LogP contribution in [0.25, 0.3) is 0 Å². The Morgan fingerprint density at radius 1 is 1.31 bits per heavy atom. The molecule has 0 fully saturated rings. The van der Waals surface area contributed by atoms with Crippen LogP contribution in [0.4, 0.5) is 0 Å². The zero-order valence-corrected chi connectivity index (χ0v) is 9.26. The van der Waals surface area contributed by atoms with Gasteiger partial charge < -0.3 is 10.1 Å². The van der Waals surface area contributed by atoms with Crippen molar-refractivity contribution in [1.29, 1.82) is 0 Å². The van der Waals surface area contributed by atoms with Crippen LogP contribution in [-0.2, 0) is 9.53 Å². The van der Waals surface area contributed by atoms with Gasteiger partial charge in [-0.3, -0.25) is 4.79 Å². The molecule has 0 aliphatic carbocycles. The van der Waals surface area contributed by atoms with Gasteiger partial charge in [0.1, 0.15) is 6.04 Å². The summed E-state index contributed by atoms with van der Waals surface area (Å²) < 4.78 is 4.71. The van der Waals surface area contributed by atoms with Crippen molar-refractivity contribution < 1.29 is 9.53 Å². The first-order valence-electron chi connectivity index (χ1n) is 4.81. The third kappa shape index (κ3) is 5.64. The number of carbonyl (C=O) groups is 1. The number of carbonyl (C=O) groups excluding carboxylic acids is 1. The van der Waals surface area contributed by atoms with E-state index in [4.69, 9.17) is 4.74 Å². The Balaban J connectivity index is 4.10. The first-order chi connectivity index (χ1) is 5.97. The zero-order valence-electron chi connectivity index (χ0n) is 9.26. The first-order valence-corrected chi connectivity index (χ1v) is 4.81. The van der Waals surface area contributed by atoms with E-state index in [1.54, 1.807) is 0 Å². The second-order valence-electron chi connectivity index (χ2n) is 4.03. The summed E-state index contributed by atoms with van der Waals surface area (Å²) in [4.78, 5) is 11.3. The maximum Gasteiger partial charge on any atom is 0.322 e. The van der Waals surface area contributed by atoms with Crippen LogP contribution in [0.3, 0.4) is 0 Å². The van der Waals surface area contributed by atoms with Gasteiger partial charge in [0, 0.05) is 6.04 Å². The Hall–Kier alpha value is -0.570. The monoisotopic (exact) mass is 187 g/mol. The van der Waals surface area contributed by atoms with Crippen molar-refractivity contribution in [2.45, 2.75) is 46.2 Å². The molecular weight excluding hydrogens is 166 g/mol. The van der Waals surface area contributed by atoms with E-state index in [0.29, 0.717) is 12.0 Å². The van der Waals surface area contributed by atoms with E-state index in [2.05, 4.69) is 19.2 Å². The van der Waals surface area contributed by atoms with E-state index in [9.17, 15) is 4.79 Å². The van der Waals surface area contributed by atoms with E-state index < -0.39 is 0 Å². The van der Waals surface area contributed by atoms with Gasteiger partial charge >= 0.3 is 5.97 Å². The molecule has 3 heteroatoms. The molecule has 0 spiro atoms. The fourth-order valence-corrected chi connectivity index (χ4v) is 1.25. The van der Waals surface area contributed by atoms with Gasteiger partial charge in [0.05, 0.1) is 7.11 Å². The van der Waals surface area contributed by atoms with Gasteiger partial charge in [-0.1, -0.05) is 27.7 Å². The normalized spacial score (nSPS) is 13.5. The van der Waals surface area contributed by atoms with Crippen LogP contribution in [0.15, 0.2) is 0 Å². The first kappa shape index (κ1) is 12.4. The number of nitrogens with one attached hydrogen (secondary N) is 1.